The molecule has 0 unspecified atom stereocenters. The van der Waals surface area contributed by atoms with Crippen LogP contribution in [0.5, 0.6) is 0 Å². The van der Waals surface area contributed by atoms with Crippen molar-refractivity contribution < 1.29 is 40.9 Å². The van der Waals surface area contributed by atoms with Crippen LogP contribution in [0.25, 0.3) is 0 Å². The highest BCUT2D eigenvalue weighted by molar-refractivity contribution is 6.61. The van der Waals surface area contributed by atoms with Gasteiger partial charge in [-0.25, -0.2) is 9.59 Å². The number of terminal acetylenes is 2. The van der Waals surface area contributed by atoms with Crippen LogP contribution in [0.4, 0.5) is 9.59 Å². The molecule has 0 aliphatic rings. The van der Waals surface area contributed by atoms with Gasteiger partial charge < -0.3 is 47.2 Å². The Kier molecular flexibility index (Phi) is 27.0. The molecule has 0 bridgehead atoms. The van der Waals surface area contributed by atoms with Gasteiger partial charge in [0.2, 0.25) is 0 Å². The van der Waals surface area contributed by atoms with Crippen LogP contribution in [0, 0.1) is 24.7 Å². The fraction of sp³-hybridized carbons (Fsp3) is 0.769. The summed E-state index contributed by atoms with van der Waals surface area (Å²) in [7, 11) is -5.21. The number of carbonyl (C=O) groups is 2. The zero-order chi connectivity index (χ0) is 30.5. The number of hydrogen-bond acceptors (Lipinski definition) is 9. The maximum Gasteiger partial charge on any atom is 0.500 e. The van der Waals surface area contributed by atoms with Gasteiger partial charge in [-0.1, -0.05) is 11.8 Å². The summed E-state index contributed by atoms with van der Waals surface area (Å²) >= 11 is 0. The van der Waals surface area contributed by atoms with Gasteiger partial charge in [-0.05, 0) is 54.4 Å². The standard InChI is InChI=1S/C13H26N2O4Si.C13H25NO5Si/c1-5-10-14-13(16)15-11-9-12-20(17-6-2,18-7-3)19-8-4;1-5-11-16-13(15)14-10-9-12-20(17-6-2,18-7-3)19-8-4/h1H,6-12H2,2-4H3,(H2,14,15,16);1H,6-12H2,2-4H3,(H,14,15). The van der Waals surface area contributed by atoms with E-state index in [1.165, 1.54) is 0 Å². The maximum atomic E-state index is 11.3. The first-order valence-corrected chi connectivity index (χ1v) is 17.8. The second-order valence-electron chi connectivity index (χ2n) is 7.69. The van der Waals surface area contributed by atoms with E-state index in [-0.39, 0.29) is 19.2 Å². The van der Waals surface area contributed by atoms with Crippen LogP contribution >= 0.6 is 0 Å². The van der Waals surface area contributed by atoms with E-state index in [9.17, 15) is 9.59 Å². The summed E-state index contributed by atoms with van der Waals surface area (Å²) in [6.07, 6.45) is 11.0. The van der Waals surface area contributed by atoms with E-state index in [0.717, 1.165) is 6.42 Å². The summed E-state index contributed by atoms with van der Waals surface area (Å²) in [4.78, 5) is 22.5. The van der Waals surface area contributed by atoms with Crippen molar-refractivity contribution in [2.75, 3.05) is 65.9 Å². The first-order valence-electron chi connectivity index (χ1n) is 13.9. The zero-order valence-corrected chi connectivity index (χ0v) is 27.2. The third-order valence-corrected chi connectivity index (χ3v) is 11.0. The van der Waals surface area contributed by atoms with Gasteiger partial charge in [0, 0.05) is 64.8 Å². The monoisotopic (exact) mass is 605 g/mol. The maximum absolute atomic E-state index is 11.3. The minimum absolute atomic E-state index is 0.0264. The number of carbonyl (C=O) groups excluding carboxylic acids is 2. The molecule has 40 heavy (non-hydrogen) atoms. The smallest absolute Gasteiger partial charge is 0.436 e. The molecule has 0 saturated carbocycles. The van der Waals surface area contributed by atoms with Crippen molar-refractivity contribution in [2.45, 2.75) is 66.5 Å². The molecule has 3 amide bonds. The van der Waals surface area contributed by atoms with Crippen molar-refractivity contribution in [1.82, 2.24) is 16.0 Å². The summed E-state index contributed by atoms with van der Waals surface area (Å²) < 4.78 is 39.0. The third-order valence-electron chi connectivity index (χ3n) is 4.70. The molecule has 232 valence electrons. The van der Waals surface area contributed by atoms with Gasteiger partial charge in [0.25, 0.3) is 0 Å². The second kappa shape index (κ2) is 27.0. The van der Waals surface area contributed by atoms with E-state index in [1.54, 1.807) is 0 Å². The van der Waals surface area contributed by atoms with Gasteiger partial charge in [0.05, 0.1) is 6.54 Å². The third kappa shape index (κ3) is 20.7. The number of alkyl carbamates (subject to hydrolysis) is 1. The van der Waals surface area contributed by atoms with Crippen LogP contribution in [-0.4, -0.2) is 95.6 Å². The van der Waals surface area contributed by atoms with Crippen molar-refractivity contribution >= 4 is 29.7 Å². The topological polar surface area (TPSA) is 135 Å². The average molecular weight is 606 g/mol. The van der Waals surface area contributed by atoms with E-state index in [1.807, 2.05) is 41.5 Å². The minimum atomic E-state index is -2.62. The summed E-state index contributed by atoms with van der Waals surface area (Å²) in [5.74, 6) is 4.57. The molecule has 3 N–H and O–H groups in total. The summed E-state index contributed by atoms with van der Waals surface area (Å²) in [6, 6.07) is 1.06. The summed E-state index contributed by atoms with van der Waals surface area (Å²) in [5, 5.41) is 7.88. The molecular formula is C26H51N3O9Si2. The van der Waals surface area contributed by atoms with Crippen LogP contribution < -0.4 is 16.0 Å². The molecule has 0 fully saturated rings. The van der Waals surface area contributed by atoms with E-state index in [2.05, 4.69) is 27.8 Å². The van der Waals surface area contributed by atoms with Crippen molar-refractivity contribution in [1.29, 1.82) is 0 Å². The Balaban J connectivity index is 0. The number of hydrogen-bond donors (Lipinski definition) is 3. The summed E-state index contributed by atoms with van der Waals surface area (Å²) in [5.41, 5.74) is 0. The van der Waals surface area contributed by atoms with Gasteiger partial charge in [0.1, 0.15) is 0 Å². The van der Waals surface area contributed by atoms with Crippen LogP contribution in [0.1, 0.15) is 54.4 Å². The van der Waals surface area contributed by atoms with E-state index < -0.39 is 23.7 Å². The predicted octanol–water partition coefficient (Wildman–Crippen LogP) is 3.14. The molecule has 0 radical (unpaired) electrons. The highest BCUT2D eigenvalue weighted by Gasteiger charge is 2.40. The zero-order valence-electron chi connectivity index (χ0n) is 25.2. The Bertz CT molecular complexity index is 639. The first-order chi connectivity index (χ1) is 19.3. The molecule has 0 rings (SSSR count). The molecule has 0 aromatic carbocycles. The van der Waals surface area contributed by atoms with Gasteiger partial charge in [-0.2, -0.15) is 0 Å². The van der Waals surface area contributed by atoms with Crippen LogP contribution in [-0.2, 0) is 31.3 Å². The lowest BCUT2D eigenvalue weighted by Crippen LogP contribution is -2.46. The first kappa shape index (κ1) is 40.0. The highest BCUT2D eigenvalue weighted by Crippen LogP contribution is 2.18. The SMILES string of the molecule is C#CCNC(=O)NCCC[Si](OCC)(OCC)OCC.C#CCOC(=O)NCCC[Si](OCC)(OCC)OCC. The molecule has 0 saturated heterocycles. The van der Waals surface area contributed by atoms with Gasteiger partial charge in [0.15, 0.2) is 6.61 Å². The number of rotatable bonds is 22. The van der Waals surface area contributed by atoms with Crippen molar-refractivity contribution in [3.05, 3.63) is 0 Å². The lowest BCUT2D eigenvalue weighted by molar-refractivity contribution is 0.0700. The Morgan fingerprint density at radius 1 is 0.625 bits per heavy atom. The normalized spacial score (nSPS) is 10.9. The van der Waals surface area contributed by atoms with E-state index >= 15 is 0 Å². The number of nitrogens with one attached hydrogen (secondary N) is 3. The van der Waals surface area contributed by atoms with E-state index in [0.29, 0.717) is 71.2 Å². The Hall–Kier alpha value is -2.15. The fourth-order valence-corrected chi connectivity index (χ4v) is 8.58. The minimum Gasteiger partial charge on any atom is -0.436 e. The number of ether oxygens (including phenoxy) is 1. The molecule has 0 aromatic heterocycles. The second-order valence-corrected chi connectivity index (χ2v) is 13.2. The molecule has 14 heteroatoms. The molecular weight excluding hydrogens is 554 g/mol. The number of amides is 3. The largest absolute Gasteiger partial charge is 0.500 e. The lowest BCUT2D eigenvalue weighted by atomic mass is 10.5. The molecule has 0 aliphatic heterocycles. The fourth-order valence-electron chi connectivity index (χ4n) is 3.36. The lowest BCUT2D eigenvalue weighted by Gasteiger charge is -2.28. The van der Waals surface area contributed by atoms with E-state index in [4.69, 9.17) is 44.1 Å². The number of urea groups is 1. The van der Waals surface area contributed by atoms with Crippen molar-refractivity contribution in [2.24, 2.45) is 0 Å². The van der Waals surface area contributed by atoms with Crippen molar-refractivity contribution in [3.8, 4) is 24.7 Å². The Morgan fingerprint density at radius 3 is 1.38 bits per heavy atom. The highest BCUT2D eigenvalue weighted by atomic mass is 28.4. The molecule has 0 heterocycles. The molecule has 0 spiro atoms. The van der Waals surface area contributed by atoms with Gasteiger partial charge in [-0.15, -0.1) is 12.8 Å². The van der Waals surface area contributed by atoms with Crippen molar-refractivity contribution in [3.63, 3.8) is 0 Å². The summed E-state index contributed by atoms with van der Waals surface area (Å²) in [6.45, 7) is 16.0. The molecule has 12 nitrogen and oxygen atoms in total. The molecule has 0 atom stereocenters. The molecule has 0 aromatic rings. The Labute approximate surface area is 243 Å². The average Bonchev–Trinajstić information content (AvgIpc) is 2.92. The van der Waals surface area contributed by atoms with Crippen LogP contribution in [0.2, 0.25) is 12.1 Å². The van der Waals surface area contributed by atoms with Gasteiger partial charge in [-0.3, -0.25) is 0 Å². The van der Waals surface area contributed by atoms with Gasteiger partial charge >= 0.3 is 29.7 Å². The van der Waals surface area contributed by atoms with Crippen LogP contribution in [0.15, 0.2) is 0 Å². The molecule has 0 aliphatic carbocycles. The predicted molar refractivity (Wildman–Crippen MR) is 159 cm³/mol. The quantitative estimate of drug-likeness (QED) is 0.0966. The van der Waals surface area contributed by atoms with Crippen LogP contribution in [0.3, 0.4) is 0 Å². The Morgan fingerprint density at radius 2 is 1.02 bits per heavy atom.